The molecular weight excluding hydrogens is 292 g/mol. The average molecular weight is 310 g/mol. The van der Waals surface area contributed by atoms with Crippen LogP contribution < -0.4 is 10.9 Å². The van der Waals surface area contributed by atoms with Gasteiger partial charge in [0.2, 0.25) is 0 Å². The van der Waals surface area contributed by atoms with Gasteiger partial charge in [-0.15, -0.1) is 5.10 Å². The van der Waals surface area contributed by atoms with Crippen LogP contribution in [0.5, 0.6) is 0 Å². The van der Waals surface area contributed by atoms with Crippen LogP contribution in [0.2, 0.25) is 0 Å². The monoisotopic (exact) mass is 310 g/mol. The second kappa shape index (κ2) is 5.83. The molecule has 1 aliphatic carbocycles. The summed E-state index contributed by atoms with van der Waals surface area (Å²) in [6, 6.07) is 7.74. The average Bonchev–Trinajstić information content (AvgIpc) is 3.04. The van der Waals surface area contributed by atoms with Gasteiger partial charge in [-0.05, 0) is 43.9 Å². The van der Waals surface area contributed by atoms with Crippen LogP contribution in [0.1, 0.15) is 31.7 Å². The number of rotatable bonds is 3. The molecule has 118 valence electrons. The van der Waals surface area contributed by atoms with E-state index in [1.807, 2.05) is 18.3 Å². The Kier molecular flexibility index (Phi) is 3.53. The predicted octanol–water partition coefficient (Wildman–Crippen LogP) is 1.88. The molecule has 0 spiro atoms. The van der Waals surface area contributed by atoms with Crippen LogP contribution >= 0.6 is 0 Å². The fraction of sp³-hybridized carbons (Fsp3) is 0.375. The first-order valence-corrected chi connectivity index (χ1v) is 7.90. The molecule has 0 aromatic carbocycles. The van der Waals surface area contributed by atoms with Crippen LogP contribution in [0, 0.1) is 0 Å². The van der Waals surface area contributed by atoms with Crippen LogP contribution in [0.25, 0.3) is 5.65 Å². The summed E-state index contributed by atoms with van der Waals surface area (Å²) in [5.74, 6) is 0.856. The van der Waals surface area contributed by atoms with Crippen molar-refractivity contribution in [1.82, 2.24) is 24.4 Å². The topological polar surface area (TPSA) is 77.1 Å². The minimum Gasteiger partial charge on any atom is -0.366 e. The molecule has 0 aliphatic heterocycles. The lowest BCUT2D eigenvalue weighted by Crippen LogP contribution is -2.33. The lowest BCUT2D eigenvalue weighted by molar-refractivity contribution is 0.303. The number of nitrogens with one attached hydrogen (secondary N) is 1. The maximum absolute atomic E-state index is 11.9. The standard InChI is InChI=1S/C16H18N6O/c23-16-2-1-9-18-22(16)13-5-3-12(4-6-13)19-14-7-8-15-17-10-11-21(15)20-14/h1-2,7-13H,3-6H2,(H,19,20). The summed E-state index contributed by atoms with van der Waals surface area (Å²) >= 11 is 0. The largest absolute Gasteiger partial charge is 0.366 e. The van der Waals surface area contributed by atoms with Crippen LogP contribution in [0.3, 0.4) is 0 Å². The molecule has 1 N–H and O–H groups in total. The van der Waals surface area contributed by atoms with Gasteiger partial charge < -0.3 is 5.32 Å². The van der Waals surface area contributed by atoms with Crippen LogP contribution in [-0.2, 0) is 0 Å². The number of fused-ring (bicyclic) bond motifs is 1. The summed E-state index contributed by atoms with van der Waals surface area (Å²) in [6.07, 6.45) is 9.14. The van der Waals surface area contributed by atoms with E-state index >= 15 is 0 Å². The summed E-state index contributed by atoms with van der Waals surface area (Å²) in [6.45, 7) is 0. The molecule has 3 aromatic heterocycles. The summed E-state index contributed by atoms with van der Waals surface area (Å²) < 4.78 is 3.38. The van der Waals surface area contributed by atoms with Gasteiger partial charge in [-0.2, -0.15) is 5.10 Å². The van der Waals surface area contributed by atoms with Crippen molar-refractivity contribution >= 4 is 11.5 Å². The zero-order valence-electron chi connectivity index (χ0n) is 12.7. The molecule has 0 amide bonds. The molecule has 0 saturated heterocycles. The molecule has 23 heavy (non-hydrogen) atoms. The third-order valence-corrected chi connectivity index (χ3v) is 4.39. The van der Waals surface area contributed by atoms with Gasteiger partial charge >= 0.3 is 0 Å². The van der Waals surface area contributed by atoms with Crippen molar-refractivity contribution in [1.29, 1.82) is 0 Å². The summed E-state index contributed by atoms with van der Waals surface area (Å²) in [4.78, 5) is 16.0. The minimum absolute atomic E-state index is 0.0175. The predicted molar refractivity (Wildman–Crippen MR) is 86.4 cm³/mol. The second-order valence-electron chi connectivity index (χ2n) is 5.90. The highest BCUT2D eigenvalue weighted by atomic mass is 16.1. The number of aromatic nitrogens is 5. The van der Waals surface area contributed by atoms with Gasteiger partial charge in [-0.3, -0.25) is 4.79 Å². The highest BCUT2D eigenvalue weighted by molar-refractivity contribution is 5.44. The van der Waals surface area contributed by atoms with Crippen molar-refractivity contribution in [3.8, 4) is 0 Å². The first-order chi connectivity index (χ1) is 11.3. The quantitative estimate of drug-likeness (QED) is 0.799. The normalized spacial score (nSPS) is 21.4. The van der Waals surface area contributed by atoms with E-state index in [0.717, 1.165) is 37.1 Å². The van der Waals surface area contributed by atoms with Gasteiger partial charge in [-0.1, -0.05) is 0 Å². The Hall–Kier alpha value is -2.70. The van der Waals surface area contributed by atoms with E-state index in [2.05, 4.69) is 20.5 Å². The number of anilines is 1. The maximum atomic E-state index is 11.9. The molecule has 0 radical (unpaired) electrons. The van der Waals surface area contributed by atoms with Gasteiger partial charge in [0.05, 0.1) is 6.04 Å². The molecule has 0 bridgehead atoms. The van der Waals surface area contributed by atoms with E-state index in [9.17, 15) is 4.79 Å². The Morgan fingerprint density at radius 3 is 2.78 bits per heavy atom. The third kappa shape index (κ3) is 2.81. The first-order valence-electron chi connectivity index (χ1n) is 7.90. The Morgan fingerprint density at radius 1 is 1.09 bits per heavy atom. The highest BCUT2D eigenvalue weighted by Gasteiger charge is 2.23. The van der Waals surface area contributed by atoms with E-state index in [0.29, 0.717) is 6.04 Å². The fourth-order valence-electron chi connectivity index (χ4n) is 3.21. The number of hydrogen-bond acceptors (Lipinski definition) is 5. The molecular formula is C16H18N6O. The lowest BCUT2D eigenvalue weighted by atomic mass is 9.91. The van der Waals surface area contributed by atoms with Crippen LogP contribution in [0.4, 0.5) is 5.82 Å². The van der Waals surface area contributed by atoms with Gasteiger partial charge in [0, 0.05) is 30.7 Å². The molecule has 0 unspecified atom stereocenters. The molecule has 0 atom stereocenters. The molecule has 7 nitrogen and oxygen atoms in total. The summed E-state index contributed by atoms with van der Waals surface area (Å²) in [7, 11) is 0. The van der Waals surface area contributed by atoms with Crippen molar-refractivity contribution in [3.05, 3.63) is 53.2 Å². The molecule has 1 saturated carbocycles. The number of hydrogen-bond donors (Lipinski definition) is 1. The minimum atomic E-state index is -0.0175. The van der Waals surface area contributed by atoms with E-state index < -0.39 is 0 Å². The van der Waals surface area contributed by atoms with E-state index in [1.54, 1.807) is 33.7 Å². The Balaban J connectivity index is 1.41. The first kappa shape index (κ1) is 13.9. The number of nitrogens with zero attached hydrogens (tertiary/aromatic N) is 5. The van der Waals surface area contributed by atoms with Crippen LogP contribution in [0.15, 0.2) is 47.7 Å². The SMILES string of the molecule is O=c1cccnn1C1CCC(Nc2ccc3nccn3n2)CC1. The summed E-state index contributed by atoms with van der Waals surface area (Å²) in [5, 5.41) is 12.2. The van der Waals surface area contributed by atoms with Gasteiger partial charge in [0.1, 0.15) is 5.82 Å². The van der Waals surface area contributed by atoms with Crippen molar-refractivity contribution in [2.24, 2.45) is 0 Å². The molecule has 1 aliphatic rings. The molecule has 1 fully saturated rings. The fourth-order valence-corrected chi connectivity index (χ4v) is 3.21. The zero-order chi connectivity index (χ0) is 15.6. The molecule has 4 rings (SSSR count). The molecule has 3 aromatic rings. The van der Waals surface area contributed by atoms with Gasteiger partial charge in [-0.25, -0.2) is 14.2 Å². The Bertz CT molecular complexity index is 862. The van der Waals surface area contributed by atoms with Crippen molar-refractivity contribution in [2.75, 3.05) is 5.32 Å². The molecule has 7 heteroatoms. The van der Waals surface area contributed by atoms with Gasteiger partial charge in [0.25, 0.3) is 5.56 Å². The smallest absolute Gasteiger partial charge is 0.266 e. The van der Waals surface area contributed by atoms with Crippen LogP contribution in [-0.4, -0.2) is 30.4 Å². The van der Waals surface area contributed by atoms with E-state index in [4.69, 9.17) is 0 Å². The highest BCUT2D eigenvalue weighted by Crippen LogP contribution is 2.28. The lowest BCUT2D eigenvalue weighted by Gasteiger charge is -2.29. The van der Waals surface area contributed by atoms with Crippen molar-refractivity contribution in [2.45, 2.75) is 37.8 Å². The van der Waals surface area contributed by atoms with E-state index in [1.165, 1.54) is 0 Å². The second-order valence-corrected chi connectivity index (χ2v) is 5.90. The zero-order valence-corrected chi connectivity index (χ0v) is 12.7. The van der Waals surface area contributed by atoms with Crippen molar-refractivity contribution < 1.29 is 0 Å². The molecule has 3 heterocycles. The van der Waals surface area contributed by atoms with E-state index in [-0.39, 0.29) is 11.6 Å². The van der Waals surface area contributed by atoms with Crippen molar-refractivity contribution in [3.63, 3.8) is 0 Å². The maximum Gasteiger partial charge on any atom is 0.266 e. The number of imidazole rings is 1. The Labute approximate surface area is 133 Å². The van der Waals surface area contributed by atoms with Gasteiger partial charge in [0.15, 0.2) is 5.65 Å². The summed E-state index contributed by atoms with van der Waals surface area (Å²) in [5.41, 5.74) is 0.824. The third-order valence-electron chi connectivity index (χ3n) is 4.39. The Morgan fingerprint density at radius 2 is 1.96 bits per heavy atom.